The van der Waals surface area contributed by atoms with E-state index in [0.29, 0.717) is 17.9 Å². The van der Waals surface area contributed by atoms with E-state index in [1.807, 2.05) is 6.07 Å². The Hall–Kier alpha value is -1.80. The fraction of sp³-hybridized carbons (Fsp3) is 0.571. The van der Waals surface area contributed by atoms with E-state index in [-0.39, 0.29) is 17.9 Å². The number of aromatic amines is 1. The standard InChI is InChI=1S/C14H19N3O2/c1-17(9-10-4-2-3-5-13(10)18)14(19)12-7-6-11(8-15)16-12/h6-7,10,13,16,18H,2-5,9H2,1H3. The van der Waals surface area contributed by atoms with Crippen molar-refractivity contribution in [3.05, 3.63) is 23.5 Å². The Morgan fingerprint density at radius 1 is 1.53 bits per heavy atom. The summed E-state index contributed by atoms with van der Waals surface area (Å²) in [6.45, 7) is 0.556. The zero-order valence-electron chi connectivity index (χ0n) is 11.1. The highest BCUT2D eigenvalue weighted by molar-refractivity contribution is 5.92. The maximum absolute atomic E-state index is 12.2. The van der Waals surface area contributed by atoms with Crippen LogP contribution in [0.25, 0.3) is 0 Å². The number of nitriles is 1. The van der Waals surface area contributed by atoms with Gasteiger partial charge in [-0.05, 0) is 25.0 Å². The highest BCUT2D eigenvalue weighted by atomic mass is 16.3. The number of carbonyl (C=O) groups excluding carboxylic acids is 1. The lowest BCUT2D eigenvalue weighted by Crippen LogP contribution is -2.38. The molecule has 1 aliphatic carbocycles. The molecule has 102 valence electrons. The van der Waals surface area contributed by atoms with Crippen LogP contribution in [0.5, 0.6) is 0 Å². The van der Waals surface area contributed by atoms with Crippen LogP contribution in [-0.4, -0.2) is 40.6 Å². The van der Waals surface area contributed by atoms with Crippen LogP contribution < -0.4 is 0 Å². The van der Waals surface area contributed by atoms with E-state index in [1.165, 1.54) is 0 Å². The molecule has 2 unspecified atom stereocenters. The zero-order valence-corrected chi connectivity index (χ0v) is 11.1. The van der Waals surface area contributed by atoms with Gasteiger partial charge in [0, 0.05) is 19.5 Å². The first-order chi connectivity index (χ1) is 9.11. The smallest absolute Gasteiger partial charge is 0.270 e. The maximum atomic E-state index is 12.2. The van der Waals surface area contributed by atoms with Crippen LogP contribution in [0, 0.1) is 17.2 Å². The molecule has 0 radical (unpaired) electrons. The number of aliphatic hydroxyl groups excluding tert-OH is 1. The average Bonchev–Trinajstić information content (AvgIpc) is 2.89. The Morgan fingerprint density at radius 3 is 2.89 bits per heavy atom. The third-order valence-corrected chi connectivity index (χ3v) is 3.76. The van der Waals surface area contributed by atoms with E-state index >= 15 is 0 Å². The molecule has 2 atom stereocenters. The second kappa shape index (κ2) is 5.89. The summed E-state index contributed by atoms with van der Waals surface area (Å²) in [7, 11) is 1.73. The fourth-order valence-corrected chi connectivity index (χ4v) is 2.63. The van der Waals surface area contributed by atoms with Gasteiger partial charge in [-0.3, -0.25) is 4.79 Å². The third-order valence-electron chi connectivity index (χ3n) is 3.76. The van der Waals surface area contributed by atoms with E-state index in [1.54, 1.807) is 24.1 Å². The average molecular weight is 261 g/mol. The largest absolute Gasteiger partial charge is 0.393 e. The minimum absolute atomic E-state index is 0.140. The van der Waals surface area contributed by atoms with Gasteiger partial charge < -0.3 is 15.0 Å². The minimum Gasteiger partial charge on any atom is -0.393 e. The Bertz CT molecular complexity index is 489. The molecule has 1 saturated carbocycles. The second-order valence-electron chi connectivity index (χ2n) is 5.20. The predicted octanol–water partition coefficient (Wildman–Crippen LogP) is 1.51. The minimum atomic E-state index is -0.303. The Morgan fingerprint density at radius 2 is 2.26 bits per heavy atom. The summed E-state index contributed by atoms with van der Waals surface area (Å²) in [5.41, 5.74) is 0.804. The number of carbonyl (C=O) groups is 1. The second-order valence-corrected chi connectivity index (χ2v) is 5.20. The molecule has 0 bridgehead atoms. The van der Waals surface area contributed by atoms with E-state index in [4.69, 9.17) is 5.26 Å². The molecule has 0 spiro atoms. The molecule has 0 saturated heterocycles. The lowest BCUT2D eigenvalue weighted by molar-refractivity contribution is 0.0449. The number of rotatable bonds is 3. The number of nitrogens with zero attached hydrogens (tertiary/aromatic N) is 2. The van der Waals surface area contributed by atoms with Gasteiger partial charge in [0.1, 0.15) is 17.5 Å². The molecule has 2 rings (SSSR count). The van der Waals surface area contributed by atoms with Gasteiger partial charge in [0.15, 0.2) is 0 Å². The summed E-state index contributed by atoms with van der Waals surface area (Å²) >= 11 is 0. The topological polar surface area (TPSA) is 80.1 Å². The lowest BCUT2D eigenvalue weighted by Gasteiger charge is -2.31. The number of nitrogens with one attached hydrogen (secondary N) is 1. The number of aliphatic hydroxyl groups is 1. The first-order valence-corrected chi connectivity index (χ1v) is 6.64. The van der Waals surface area contributed by atoms with Crippen molar-refractivity contribution in [2.75, 3.05) is 13.6 Å². The highest BCUT2D eigenvalue weighted by Gasteiger charge is 2.26. The summed E-state index contributed by atoms with van der Waals surface area (Å²) in [5.74, 6) is 0.0207. The molecule has 1 heterocycles. The Balaban J connectivity index is 1.97. The monoisotopic (exact) mass is 261 g/mol. The Kier molecular flexibility index (Phi) is 4.23. The van der Waals surface area contributed by atoms with E-state index in [9.17, 15) is 9.90 Å². The number of amides is 1. The molecular formula is C14H19N3O2. The van der Waals surface area contributed by atoms with Gasteiger partial charge in [0.25, 0.3) is 5.91 Å². The maximum Gasteiger partial charge on any atom is 0.270 e. The summed E-state index contributed by atoms with van der Waals surface area (Å²) in [4.78, 5) is 16.6. The first-order valence-electron chi connectivity index (χ1n) is 6.64. The normalized spacial score (nSPS) is 22.8. The van der Waals surface area contributed by atoms with Crippen LogP contribution >= 0.6 is 0 Å². The van der Waals surface area contributed by atoms with Crippen molar-refractivity contribution in [1.82, 2.24) is 9.88 Å². The first kappa shape index (κ1) is 13.6. The lowest BCUT2D eigenvalue weighted by atomic mass is 9.86. The molecule has 5 nitrogen and oxygen atoms in total. The summed E-state index contributed by atoms with van der Waals surface area (Å²) in [6, 6.07) is 5.18. The predicted molar refractivity (Wildman–Crippen MR) is 70.4 cm³/mol. The number of hydrogen-bond donors (Lipinski definition) is 2. The quantitative estimate of drug-likeness (QED) is 0.865. The van der Waals surface area contributed by atoms with Crippen molar-refractivity contribution in [2.24, 2.45) is 5.92 Å². The molecule has 5 heteroatoms. The number of H-pyrrole nitrogens is 1. The van der Waals surface area contributed by atoms with Crippen molar-refractivity contribution in [1.29, 1.82) is 5.26 Å². The van der Waals surface area contributed by atoms with Crippen LogP contribution in [-0.2, 0) is 0 Å². The van der Waals surface area contributed by atoms with Crippen LogP contribution in [0.15, 0.2) is 12.1 Å². The Labute approximate surface area is 112 Å². The van der Waals surface area contributed by atoms with Gasteiger partial charge in [-0.25, -0.2) is 0 Å². The van der Waals surface area contributed by atoms with Crippen LogP contribution in [0.2, 0.25) is 0 Å². The number of aromatic nitrogens is 1. The van der Waals surface area contributed by atoms with Crippen molar-refractivity contribution in [2.45, 2.75) is 31.8 Å². The van der Waals surface area contributed by atoms with Crippen molar-refractivity contribution in [3.8, 4) is 6.07 Å². The van der Waals surface area contributed by atoms with Crippen molar-refractivity contribution in [3.63, 3.8) is 0 Å². The van der Waals surface area contributed by atoms with Gasteiger partial charge in [-0.2, -0.15) is 5.26 Å². The van der Waals surface area contributed by atoms with Crippen LogP contribution in [0.3, 0.4) is 0 Å². The van der Waals surface area contributed by atoms with E-state index in [2.05, 4.69) is 4.98 Å². The third kappa shape index (κ3) is 3.15. The highest BCUT2D eigenvalue weighted by Crippen LogP contribution is 2.25. The van der Waals surface area contributed by atoms with E-state index in [0.717, 1.165) is 25.7 Å². The molecule has 1 aromatic heterocycles. The summed E-state index contributed by atoms with van der Waals surface area (Å²) in [5, 5.41) is 18.7. The molecule has 1 amide bonds. The van der Waals surface area contributed by atoms with Crippen LogP contribution in [0.4, 0.5) is 0 Å². The SMILES string of the molecule is CN(CC1CCCCC1O)C(=O)c1ccc(C#N)[nH]1. The van der Waals surface area contributed by atoms with Crippen LogP contribution in [0.1, 0.15) is 41.9 Å². The molecular weight excluding hydrogens is 242 g/mol. The molecule has 19 heavy (non-hydrogen) atoms. The molecule has 0 aromatic carbocycles. The molecule has 1 fully saturated rings. The van der Waals surface area contributed by atoms with Gasteiger partial charge in [0.05, 0.1) is 6.10 Å². The molecule has 1 aromatic rings. The van der Waals surface area contributed by atoms with E-state index < -0.39 is 0 Å². The van der Waals surface area contributed by atoms with Gasteiger partial charge in [-0.1, -0.05) is 12.8 Å². The van der Waals surface area contributed by atoms with Gasteiger partial charge in [0.2, 0.25) is 0 Å². The van der Waals surface area contributed by atoms with Gasteiger partial charge >= 0.3 is 0 Å². The molecule has 0 aliphatic heterocycles. The molecule has 2 N–H and O–H groups in total. The fourth-order valence-electron chi connectivity index (χ4n) is 2.63. The summed E-state index contributed by atoms with van der Waals surface area (Å²) in [6.07, 6.45) is 3.67. The van der Waals surface area contributed by atoms with Gasteiger partial charge in [-0.15, -0.1) is 0 Å². The molecule has 1 aliphatic rings. The van der Waals surface area contributed by atoms with Crippen molar-refractivity contribution < 1.29 is 9.90 Å². The van der Waals surface area contributed by atoms with Crippen molar-refractivity contribution >= 4 is 5.91 Å². The summed E-state index contributed by atoms with van der Waals surface area (Å²) < 4.78 is 0. The number of hydrogen-bond acceptors (Lipinski definition) is 3. The zero-order chi connectivity index (χ0) is 13.8.